The molecule has 0 spiro atoms. The molecule has 1 unspecified atom stereocenters. The number of fused-ring (bicyclic) bond motifs is 1. The summed E-state index contributed by atoms with van der Waals surface area (Å²) < 4.78 is 1.05. The number of rotatable bonds is 6. The molecule has 3 N–H and O–H groups in total. The first-order valence-corrected chi connectivity index (χ1v) is 9.07. The van der Waals surface area contributed by atoms with Gasteiger partial charge in [-0.15, -0.1) is 0 Å². The van der Waals surface area contributed by atoms with E-state index in [0.29, 0.717) is 0 Å². The summed E-state index contributed by atoms with van der Waals surface area (Å²) >= 11 is 3.54. The third-order valence-corrected chi connectivity index (χ3v) is 4.63. The van der Waals surface area contributed by atoms with Gasteiger partial charge >= 0.3 is 0 Å². The van der Waals surface area contributed by atoms with Crippen LogP contribution in [0.15, 0.2) is 51.9 Å². The Kier molecular flexibility index (Phi) is 5.66. The van der Waals surface area contributed by atoms with E-state index in [4.69, 9.17) is 4.99 Å². The van der Waals surface area contributed by atoms with Gasteiger partial charge in [0, 0.05) is 15.6 Å². The van der Waals surface area contributed by atoms with Crippen LogP contribution in [0.5, 0.6) is 0 Å². The Labute approximate surface area is 151 Å². The van der Waals surface area contributed by atoms with Gasteiger partial charge in [-0.25, -0.2) is 4.99 Å². The summed E-state index contributed by atoms with van der Waals surface area (Å²) in [6, 6.07) is 14.6. The van der Waals surface area contributed by atoms with E-state index in [-0.39, 0.29) is 6.17 Å². The summed E-state index contributed by atoms with van der Waals surface area (Å²) in [4.78, 5) is 4.88. The standard InChI is InChI=1S/C19H23BrN4/c1-13-6-3-9-16-17(13)23-18(14-7-4-8-15(20)12-14)24-19(16)22-11-5-10-21-2/h3-4,6-9,12,19,21-22H,5,10-11H2,1-2H3,(H,23,24). The van der Waals surface area contributed by atoms with Crippen molar-refractivity contribution in [1.82, 2.24) is 16.0 Å². The molecule has 5 heteroatoms. The van der Waals surface area contributed by atoms with Crippen molar-refractivity contribution in [2.75, 3.05) is 20.1 Å². The van der Waals surface area contributed by atoms with Gasteiger partial charge < -0.3 is 10.6 Å². The van der Waals surface area contributed by atoms with Crippen molar-refractivity contribution in [3.63, 3.8) is 0 Å². The number of nitrogens with zero attached hydrogens (tertiary/aromatic N) is 1. The Balaban J connectivity index is 1.90. The third-order valence-electron chi connectivity index (χ3n) is 4.13. The smallest absolute Gasteiger partial charge is 0.135 e. The minimum Gasteiger partial charge on any atom is -0.350 e. The summed E-state index contributed by atoms with van der Waals surface area (Å²) in [5.74, 6) is 0.907. The zero-order valence-corrected chi connectivity index (χ0v) is 15.7. The maximum atomic E-state index is 4.88. The molecule has 0 radical (unpaired) electrons. The van der Waals surface area contributed by atoms with Crippen LogP contribution in [0.3, 0.4) is 0 Å². The van der Waals surface area contributed by atoms with Crippen LogP contribution in [-0.4, -0.2) is 26.0 Å². The van der Waals surface area contributed by atoms with Crippen molar-refractivity contribution in [2.45, 2.75) is 19.5 Å². The SMILES string of the molecule is CNCCCNC1NC(c2cccc(Br)c2)=Nc2c(C)cccc21. The van der Waals surface area contributed by atoms with E-state index in [2.05, 4.69) is 69.1 Å². The molecule has 1 aliphatic rings. The highest BCUT2D eigenvalue weighted by Crippen LogP contribution is 2.32. The molecule has 1 aliphatic heterocycles. The molecule has 0 saturated heterocycles. The number of para-hydroxylation sites is 1. The highest BCUT2D eigenvalue weighted by Gasteiger charge is 2.23. The van der Waals surface area contributed by atoms with E-state index in [0.717, 1.165) is 41.1 Å². The second kappa shape index (κ2) is 7.92. The van der Waals surface area contributed by atoms with E-state index < -0.39 is 0 Å². The summed E-state index contributed by atoms with van der Waals surface area (Å²) in [7, 11) is 1.98. The zero-order valence-electron chi connectivity index (χ0n) is 14.1. The van der Waals surface area contributed by atoms with Crippen molar-refractivity contribution < 1.29 is 0 Å². The maximum Gasteiger partial charge on any atom is 0.135 e. The number of amidine groups is 1. The topological polar surface area (TPSA) is 48.4 Å². The first-order valence-electron chi connectivity index (χ1n) is 8.27. The molecular weight excluding hydrogens is 364 g/mol. The number of hydrogen-bond donors (Lipinski definition) is 3. The lowest BCUT2D eigenvalue weighted by molar-refractivity contribution is 0.489. The molecule has 0 amide bonds. The fraction of sp³-hybridized carbons (Fsp3) is 0.316. The van der Waals surface area contributed by atoms with Crippen molar-refractivity contribution in [1.29, 1.82) is 0 Å². The Hall–Kier alpha value is -1.69. The van der Waals surface area contributed by atoms with Gasteiger partial charge in [0.25, 0.3) is 0 Å². The molecule has 0 bridgehead atoms. The van der Waals surface area contributed by atoms with Gasteiger partial charge in [0.2, 0.25) is 0 Å². The molecule has 2 aromatic carbocycles. The van der Waals surface area contributed by atoms with Crippen LogP contribution in [0.4, 0.5) is 5.69 Å². The van der Waals surface area contributed by atoms with E-state index >= 15 is 0 Å². The number of aryl methyl sites for hydroxylation is 1. The number of aliphatic imine (C=N–C) groups is 1. The predicted octanol–water partition coefficient (Wildman–Crippen LogP) is 3.64. The molecule has 0 aliphatic carbocycles. The summed E-state index contributed by atoms with van der Waals surface area (Å²) in [6.45, 7) is 4.06. The van der Waals surface area contributed by atoms with Gasteiger partial charge in [-0.05, 0) is 51.2 Å². The molecule has 126 valence electrons. The molecule has 4 nitrogen and oxygen atoms in total. The normalized spacial score (nSPS) is 16.3. The average molecular weight is 387 g/mol. The number of benzene rings is 2. The second-order valence-electron chi connectivity index (χ2n) is 5.97. The average Bonchev–Trinajstić information content (AvgIpc) is 2.59. The molecule has 0 fully saturated rings. The van der Waals surface area contributed by atoms with E-state index in [1.54, 1.807) is 0 Å². The minimum absolute atomic E-state index is 0.0724. The number of hydrogen-bond acceptors (Lipinski definition) is 4. The quantitative estimate of drug-likeness (QED) is 0.664. The Morgan fingerprint density at radius 3 is 2.79 bits per heavy atom. The number of halogens is 1. The molecule has 0 aromatic heterocycles. The minimum atomic E-state index is 0.0724. The highest BCUT2D eigenvalue weighted by atomic mass is 79.9. The van der Waals surface area contributed by atoms with Crippen molar-refractivity contribution in [3.05, 3.63) is 63.6 Å². The Bertz CT molecular complexity index is 742. The molecule has 1 atom stereocenters. The number of nitrogens with one attached hydrogen (secondary N) is 3. The van der Waals surface area contributed by atoms with Crippen LogP contribution in [0.25, 0.3) is 0 Å². The van der Waals surface area contributed by atoms with Crippen LogP contribution in [0.2, 0.25) is 0 Å². The van der Waals surface area contributed by atoms with Crippen molar-refractivity contribution in [3.8, 4) is 0 Å². The molecule has 1 heterocycles. The largest absolute Gasteiger partial charge is 0.350 e. The summed E-state index contributed by atoms with van der Waals surface area (Å²) in [5, 5.41) is 10.4. The predicted molar refractivity (Wildman–Crippen MR) is 104 cm³/mol. The van der Waals surface area contributed by atoms with Crippen LogP contribution in [-0.2, 0) is 0 Å². The van der Waals surface area contributed by atoms with Gasteiger partial charge in [0.05, 0.1) is 5.69 Å². The summed E-state index contributed by atoms with van der Waals surface area (Å²) in [6.07, 6.45) is 1.15. The van der Waals surface area contributed by atoms with E-state index in [1.165, 1.54) is 11.1 Å². The fourth-order valence-electron chi connectivity index (χ4n) is 2.88. The van der Waals surface area contributed by atoms with E-state index in [9.17, 15) is 0 Å². The lowest BCUT2D eigenvalue weighted by Crippen LogP contribution is -2.41. The van der Waals surface area contributed by atoms with Crippen LogP contribution in [0, 0.1) is 6.92 Å². The molecule has 24 heavy (non-hydrogen) atoms. The van der Waals surface area contributed by atoms with Crippen LogP contribution in [0.1, 0.15) is 29.3 Å². The first-order chi connectivity index (χ1) is 11.7. The van der Waals surface area contributed by atoms with Gasteiger partial charge in [-0.1, -0.05) is 46.3 Å². The van der Waals surface area contributed by atoms with Gasteiger partial charge in [0.1, 0.15) is 12.0 Å². The second-order valence-corrected chi connectivity index (χ2v) is 6.89. The van der Waals surface area contributed by atoms with Gasteiger partial charge in [-0.2, -0.15) is 0 Å². The zero-order chi connectivity index (χ0) is 16.9. The molecule has 2 aromatic rings. The van der Waals surface area contributed by atoms with Crippen LogP contribution >= 0.6 is 15.9 Å². The summed E-state index contributed by atoms with van der Waals surface area (Å²) in [5.41, 5.74) is 4.55. The monoisotopic (exact) mass is 386 g/mol. The van der Waals surface area contributed by atoms with Crippen molar-refractivity contribution >= 4 is 27.5 Å². The van der Waals surface area contributed by atoms with Crippen molar-refractivity contribution in [2.24, 2.45) is 4.99 Å². The maximum absolute atomic E-state index is 4.88. The highest BCUT2D eigenvalue weighted by molar-refractivity contribution is 9.10. The third kappa shape index (κ3) is 3.86. The Morgan fingerprint density at radius 1 is 1.17 bits per heavy atom. The fourth-order valence-corrected chi connectivity index (χ4v) is 3.28. The molecular formula is C19H23BrN4. The molecule has 0 saturated carbocycles. The first kappa shape index (κ1) is 17.1. The molecule has 3 rings (SSSR count). The van der Waals surface area contributed by atoms with Crippen LogP contribution < -0.4 is 16.0 Å². The van der Waals surface area contributed by atoms with Gasteiger partial charge in [0.15, 0.2) is 0 Å². The lowest BCUT2D eigenvalue weighted by Gasteiger charge is -2.29. The van der Waals surface area contributed by atoms with E-state index in [1.807, 2.05) is 19.2 Å². The van der Waals surface area contributed by atoms with Gasteiger partial charge in [-0.3, -0.25) is 5.32 Å². The lowest BCUT2D eigenvalue weighted by atomic mass is 10.0. The Morgan fingerprint density at radius 2 is 2.00 bits per heavy atom.